The number of carbonyl (C=O) groups excluding carboxylic acids is 2. The molecule has 1 aromatic carbocycles. The molecule has 0 spiro atoms. The van der Waals surface area contributed by atoms with Gasteiger partial charge in [0.15, 0.2) is 0 Å². The van der Waals surface area contributed by atoms with Gasteiger partial charge in [0.2, 0.25) is 5.91 Å². The summed E-state index contributed by atoms with van der Waals surface area (Å²) in [4.78, 5) is 24.1. The van der Waals surface area contributed by atoms with Gasteiger partial charge in [0.05, 0.1) is 7.11 Å². The molecule has 1 aliphatic rings. The highest BCUT2D eigenvalue weighted by atomic mass is 16.5. The molecule has 5 nitrogen and oxygen atoms in total. The first-order valence-electron chi connectivity index (χ1n) is 8.31. The van der Waals surface area contributed by atoms with Crippen molar-refractivity contribution in [1.29, 1.82) is 0 Å². The Kier molecular flexibility index (Phi) is 7.07. The van der Waals surface area contributed by atoms with Crippen LogP contribution in [0.3, 0.4) is 0 Å². The predicted molar refractivity (Wildman–Crippen MR) is 88.9 cm³/mol. The molecule has 0 aromatic heterocycles. The largest absolute Gasteiger partial charge is 0.467 e. The van der Waals surface area contributed by atoms with Crippen molar-refractivity contribution in [2.75, 3.05) is 20.2 Å². The van der Waals surface area contributed by atoms with Crippen LogP contribution >= 0.6 is 0 Å². The third kappa shape index (κ3) is 6.02. The molecular weight excluding hydrogens is 292 g/mol. The van der Waals surface area contributed by atoms with E-state index in [9.17, 15) is 9.59 Å². The van der Waals surface area contributed by atoms with Crippen molar-refractivity contribution in [3.63, 3.8) is 0 Å². The molecule has 1 aromatic rings. The quantitative estimate of drug-likeness (QED) is 0.751. The topological polar surface area (TPSA) is 67.4 Å². The van der Waals surface area contributed by atoms with Gasteiger partial charge in [0.25, 0.3) is 0 Å². The van der Waals surface area contributed by atoms with Gasteiger partial charge in [-0.1, -0.05) is 30.3 Å². The number of nitrogens with one attached hydrogen (secondary N) is 2. The van der Waals surface area contributed by atoms with E-state index in [4.69, 9.17) is 4.74 Å². The summed E-state index contributed by atoms with van der Waals surface area (Å²) >= 11 is 0. The van der Waals surface area contributed by atoms with Crippen LogP contribution in [0.2, 0.25) is 0 Å². The monoisotopic (exact) mass is 318 g/mol. The van der Waals surface area contributed by atoms with Gasteiger partial charge in [-0.3, -0.25) is 4.79 Å². The molecule has 23 heavy (non-hydrogen) atoms. The second-order valence-corrected chi connectivity index (χ2v) is 6.07. The number of methoxy groups -OCH3 is 1. The average Bonchev–Trinajstić information content (AvgIpc) is 2.60. The van der Waals surface area contributed by atoms with E-state index in [1.165, 1.54) is 7.11 Å². The lowest BCUT2D eigenvalue weighted by molar-refractivity contribution is -0.145. The number of hydrogen-bond acceptors (Lipinski definition) is 4. The van der Waals surface area contributed by atoms with Gasteiger partial charge < -0.3 is 15.4 Å². The Morgan fingerprint density at radius 3 is 2.61 bits per heavy atom. The molecule has 1 aliphatic heterocycles. The van der Waals surface area contributed by atoms with E-state index in [0.29, 0.717) is 18.8 Å². The molecular formula is C18H26N2O3. The summed E-state index contributed by atoms with van der Waals surface area (Å²) in [6.45, 7) is 2.07. The molecule has 5 heteroatoms. The molecule has 1 unspecified atom stereocenters. The van der Waals surface area contributed by atoms with E-state index >= 15 is 0 Å². The summed E-state index contributed by atoms with van der Waals surface area (Å²) < 4.78 is 4.82. The molecule has 0 saturated carbocycles. The van der Waals surface area contributed by atoms with Crippen molar-refractivity contribution in [3.8, 4) is 0 Å². The number of carbonyl (C=O) groups is 2. The first kappa shape index (κ1) is 17.5. The number of benzene rings is 1. The number of rotatable bonds is 7. The van der Waals surface area contributed by atoms with Gasteiger partial charge in [-0.05, 0) is 43.8 Å². The van der Waals surface area contributed by atoms with Gasteiger partial charge >= 0.3 is 5.97 Å². The minimum Gasteiger partial charge on any atom is -0.467 e. The van der Waals surface area contributed by atoms with Crippen LogP contribution in [0.5, 0.6) is 0 Å². The normalized spacial score (nSPS) is 16.6. The first-order valence-corrected chi connectivity index (χ1v) is 8.31. The summed E-state index contributed by atoms with van der Waals surface area (Å²) in [6.07, 6.45) is 4.04. The molecule has 1 fully saturated rings. The third-order valence-corrected chi connectivity index (χ3v) is 4.34. The van der Waals surface area contributed by atoms with Crippen molar-refractivity contribution in [3.05, 3.63) is 35.9 Å². The maximum atomic E-state index is 12.2. The van der Waals surface area contributed by atoms with Crippen LogP contribution in [0.1, 0.15) is 31.2 Å². The van der Waals surface area contributed by atoms with Gasteiger partial charge in [-0.15, -0.1) is 0 Å². The van der Waals surface area contributed by atoms with Gasteiger partial charge in [-0.2, -0.15) is 0 Å². The van der Waals surface area contributed by atoms with Crippen LogP contribution in [-0.2, 0) is 20.7 Å². The summed E-state index contributed by atoms with van der Waals surface area (Å²) in [5, 5.41) is 6.15. The summed E-state index contributed by atoms with van der Waals surface area (Å²) in [5.41, 5.74) is 1.00. The lowest BCUT2D eigenvalue weighted by Gasteiger charge is -2.22. The minimum absolute atomic E-state index is 0.0742. The van der Waals surface area contributed by atoms with Crippen molar-refractivity contribution in [2.24, 2.45) is 5.92 Å². The fraction of sp³-hybridized carbons (Fsp3) is 0.556. The predicted octanol–water partition coefficient (Wildman–Crippen LogP) is 1.67. The van der Waals surface area contributed by atoms with E-state index in [1.807, 2.05) is 30.3 Å². The minimum atomic E-state index is -0.622. The second-order valence-electron chi connectivity index (χ2n) is 6.07. The van der Waals surface area contributed by atoms with Crippen LogP contribution in [0, 0.1) is 5.92 Å². The van der Waals surface area contributed by atoms with Crippen molar-refractivity contribution in [1.82, 2.24) is 10.6 Å². The van der Waals surface area contributed by atoms with E-state index in [1.54, 1.807) is 0 Å². The molecule has 1 saturated heterocycles. The molecule has 1 heterocycles. The number of ether oxygens (including phenoxy) is 1. The summed E-state index contributed by atoms with van der Waals surface area (Å²) in [6, 6.07) is 9.02. The Labute approximate surface area is 137 Å². The van der Waals surface area contributed by atoms with E-state index in [-0.39, 0.29) is 5.91 Å². The molecule has 1 atom stereocenters. The average molecular weight is 318 g/mol. The molecule has 126 valence electrons. The molecule has 0 aliphatic carbocycles. The van der Waals surface area contributed by atoms with Crippen LogP contribution in [0.4, 0.5) is 0 Å². The molecule has 0 bridgehead atoms. The van der Waals surface area contributed by atoms with Crippen LogP contribution in [0.15, 0.2) is 30.3 Å². The maximum absolute atomic E-state index is 12.2. The lowest BCUT2D eigenvalue weighted by Crippen LogP contribution is -2.43. The van der Waals surface area contributed by atoms with Gasteiger partial charge in [0.1, 0.15) is 6.04 Å². The molecule has 2 rings (SSSR count). The SMILES string of the molecule is COC(=O)C(Cc1ccccc1)NC(=O)CCC1CCNCC1. The highest BCUT2D eigenvalue weighted by Crippen LogP contribution is 2.17. The number of amides is 1. The van der Waals surface area contributed by atoms with Crippen molar-refractivity contribution < 1.29 is 14.3 Å². The van der Waals surface area contributed by atoms with Gasteiger partial charge in [0, 0.05) is 12.8 Å². The van der Waals surface area contributed by atoms with E-state index < -0.39 is 12.0 Å². The zero-order valence-electron chi connectivity index (χ0n) is 13.7. The van der Waals surface area contributed by atoms with Gasteiger partial charge in [-0.25, -0.2) is 4.79 Å². The van der Waals surface area contributed by atoms with Crippen molar-refractivity contribution >= 4 is 11.9 Å². The van der Waals surface area contributed by atoms with Crippen LogP contribution in [0.25, 0.3) is 0 Å². The lowest BCUT2D eigenvalue weighted by atomic mass is 9.93. The van der Waals surface area contributed by atoms with E-state index in [2.05, 4.69) is 10.6 Å². The summed E-state index contributed by atoms with van der Waals surface area (Å²) in [7, 11) is 1.35. The number of piperidine rings is 1. The number of hydrogen-bond donors (Lipinski definition) is 2. The Balaban J connectivity index is 1.84. The Morgan fingerprint density at radius 1 is 1.26 bits per heavy atom. The second kappa shape index (κ2) is 9.30. The third-order valence-electron chi connectivity index (χ3n) is 4.34. The maximum Gasteiger partial charge on any atom is 0.328 e. The fourth-order valence-electron chi connectivity index (χ4n) is 2.96. The first-order chi connectivity index (χ1) is 11.2. The summed E-state index contributed by atoms with van der Waals surface area (Å²) in [5.74, 6) is 0.131. The highest BCUT2D eigenvalue weighted by molar-refractivity contribution is 5.84. The Hall–Kier alpha value is -1.88. The van der Waals surface area contributed by atoms with Crippen molar-refractivity contribution in [2.45, 2.75) is 38.1 Å². The Bertz CT molecular complexity index is 498. The van der Waals surface area contributed by atoms with E-state index in [0.717, 1.165) is 37.9 Å². The van der Waals surface area contributed by atoms with Crippen LogP contribution in [-0.4, -0.2) is 38.1 Å². The Morgan fingerprint density at radius 2 is 1.96 bits per heavy atom. The van der Waals surface area contributed by atoms with Crippen LogP contribution < -0.4 is 10.6 Å². The zero-order valence-corrected chi connectivity index (χ0v) is 13.7. The highest BCUT2D eigenvalue weighted by Gasteiger charge is 2.22. The molecule has 0 radical (unpaired) electrons. The standard InChI is InChI=1S/C18H26N2O3/c1-23-18(22)16(13-15-5-3-2-4-6-15)20-17(21)8-7-14-9-11-19-12-10-14/h2-6,14,16,19H,7-13H2,1H3,(H,20,21). The fourth-order valence-corrected chi connectivity index (χ4v) is 2.96. The molecule has 1 amide bonds. The number of esters is 1. The zero-order chi connectivity index (χ0) is 16.5. The molecule has 2 N–H and O–H groups in total. The smallest absolute Gasteiger partial charge is 0.328 e.